The minimum absolute atomic E-state index is 0.0113. The second kappa shape index (κ2) is 12.2. The molecule has 2 atom stereocenters. The third-order valence-corrected chi connectivity index (χ3v) is 5.68. The summed E-state index contributed by atoms with van der Waals surface area (Å²) in [6, 6.07) is 9.01. The van der Waals surface area contributed by atoms with Gasteiger partial charge in [-0.3, -0.25) is 9.59 Å². The van der Waals surface area contributed by atoms with E-state index in [1.54, 1.807) is 4.90 Å². The zero-order valence-corrected chi connectivity index (χ0v) is 21.4. The number of esters is 2. The number of hydrogen-bond acceptors (Lipinski definition) is 7. The van der Waals surface area contributed by atoms with Crippen molar-refractivity contribution in [3.63, 3.8) is 0 Å². The summed E-state index contributed by atoms with van der Waals surface area (Å²) in [7, 11) is 0. The summed E-state index contributed by atoms with van der Waals surface area (Å²) < 4.78 is 16.4. The van der Waals surface area contributed by atoms with Gasteiger partial charge in [0.1, 0.15) is 24.9 Å². The fourth-order valence-corrected chi connectivity index (χ4v) is 3.83. The Kier molecular flexibility index (Phi) is 9.91. The number of ether oxygens (including phenoxy) is 3. The summed E-state index contributed by atoms with van der Waals surface area (Å²) in [5.74, 6) is -0.676. The molecule has 34 heavy (non-hydrogen) atoms. The molecule has 1 N–H and O–H groups in total. The van der Waals surface area contributed by atoms with Crippen molar-refractivity contribution in [3.8, 4) is 0 Å². The molecule has 1 amide bonds. The Labute approximate surface area is 203 Å². The average molecular weight is 477 g/mol. The average Bonchev–Trinajstić information content (AvgIpc) is 2.76. The van der Waals surface area contributed by atoms with Gasteiger partial charge in [-0.1, -0.05) is 44.2 Å². The minimum atomic E-state index is -0.790. The van der Waals surface area contributed by atoms with Crippen molar-refractivity contribution < 1.29 is 28.6 Å². The molecule has 8 nitrogen and oxygen atoms in total. The van der Waals surface area contributed by atoms with Crippen LogP contribution in [0.15, 0.2) is 30.3 Å². The van der Waals surface area contributed by atoms with Crippen LogP contribution in [0.4, 0.5) is 4.79 Å². The fourth-order valence-electron chi connectivity index (χ4n) is 3.83. The number of amides is 1. The van der Waals surface area contributed by atoms with Crippen molar-refractivity contribution in [2.24, 2.45) is 11.3 Å². The molecule has 8 heteroatoms. The van der Waals surface area contributed by atoms with E-state index in [0.717, 1.165) is 5.56 Å². The molecule has 1 aromatic carbocycles. The Morgan fingerprint density at radius 2 is 1.79 bits per heavy atom. The van der Waals surface area contributed by atoms with Crippen LogP contribution in [0.25, 0.3) is 0 Å². The van der Waals surface area contributed by atoms with E-state index in [9.17, 15) is 14.4 Å². The van der Waals surface area contributed by atoms with Gasteiger partial charge < -0.3 is 24.4 Å². The van der Waals surface area contributed by atoms with E-state index in [1.807, 2.05) is 71.9 Å². The largest absolute Gasteiger partial charge is 0.464 e. The molecule has 190 valence electrons. The van der Waals surface area contributed by atoms with E-state index < -0.39 is 23.2 Å². The summed E-state index contributed by atoms with van der Waals surface area (Å²) in [6.07, 6.45) is 0.923. The highest BCUT2D eigenvalue weighted by Crippen LogP contribution is 2.31. The van der Waals surface area contributed by atoms with Gasteiger partial charge in [-0.05, 0) is 52.0 Å². The van der Waals surface area contributed by atoms with Gasteiger partial charge in [0.2, 0.25) is 0 Å². The predicted molar refractivity (Wildman–Crippen MR) is 129 cm³/mol. The van der Waals surface area contributed by atoms with E-state index in [0.29, 0.717) is 25.9 Å². The predicted octanol–water partition coefficient (Wildman–Crippen LogP) is 3.92. The molecule has 2 rings (SSSR count). The Balaban J connectivity index is 1.80. The SMILES string of the molecule is CC(C)[C@@H](NCCOC(=O)C1(C)CCCN(C(=O)OC(C)(C)C)C1)C(=O)OCc1ccccc1. The Morgan fingerprint density at radius 3 is 2.41 bits per heavy atom. The lowest BCUT2D eigenvalue weighted by Crippen LogP contribution is -2.50. The molecular formula is C26H40N2O6. The molecule has 1 fully saturated rings. The van der Waals surface area contributed by atoms with Crippen LogP contribution in [0.1, 0.15) is 59.9 Å². The third kappa shape index (κ3) is 8.63. The van der Waals surface area contributed by atoms with E-state index >= 15 is 0 Å². The van der Waals surface area contributed by atoms with Crippen LogP contribution in [-0.2, 0) is 30.4 Å². The lowest BCUT2D eigenvalue weighted by molar-refractivity contribution is -0.157. The van der Waals surface area contributed by atoms with Crippen molar-refractivity contribution in [2.45, 2.75) is 72.6 Å². The fraction of sp³-hybridized carbons (Fsp3) is 0.654. The molecule has 1 unspecified atom stereocenters. The molecule has 1 aliphatic heterocycles. The minimum Gasteiger partial charge on any atom is -0.464 e. The van der Waals surface area contributed by atoms with Gasteiger partial charge in [-0.15, -0.1) is 0 Å². The van der Waals surface area contributed by atoms with Crippen molar-refractivity contribution in [1.82, 2.24) is 10.2 Å². The molecule has 1 heterocycles. The van der Waals surface area contributed by atoms with Crippen LogP contribution in [0.5, 0.6) is 0 Å². The molecule has 1 aliphatic rings. The third-order valence-electron chi connectivity index (χ3n) is 5.68. The monoisotopic (exact) mass is 476 g/mol. The van der Waals surface area contributed by atoms with Crippen LogP contribution in [0, 0.1) is 11.3 Å². The maximum atomic E-state index is 12.8. The van der Waals surface area contributed by atoms with Crippen LogP contribution in [0.2, 0.25) is 0 Å². The van der Waals surface area contributed by atoms with E-state index in [1.165, 1.54) is 0 Å². The van der Waals surface area contributed by atoms with E-state index in [4.69, 9.17) is 14.2 Å². The Hall–Kier alpha value is -2.61. The van der Waals surface area contributed by atoms with Crippen LogP contribution >= 0.6 is 0 Å². The van der Waals surface area contributed by atoms with Gasteiger partial charge >= 0.3 is 18.0 Å². The van der Waals surface area contributed by atoms with Crippen LogP contribution in [-0.4, -0.2) is 60.8 Å². The lowest BCUT2D eigenvalue weighted by atomic mass is 9.82. The Morgan fingerprint density at radius 1 is 1.12 bits per heavy atom. The second-order valence-electron chi connectivity index (χ2n) is 10.5. The molecule has 0 bridgehead atoms. The highest BCUT2D eigenvalue weighted by molar-refractivity contribution is 5.78. The van der Waals surface area contributed by atoms with Gasteiger partial charge in [-0.2, -0.15) is 0 Å². The smallest absolute Gasteiger partial charge is 0.410 e. The summed E-state index contributed by atoms with van der Waals surface area (Å²) in [5.41, 5.74) is -0.457. The normalized spacial score (nSPS) is 19.4. The first-order valence-corrected chi connectivity index (χ1v) is 12.0. The maximum Gasteiger partial charge on any atom is 0.410 e. The summed E-state index contributed by atoms with van der Waals surface area (Å²) in [5, 5.41) is 3.14. The molecule has 0 saturated carbocycles. The van der Waals surface area contributed by atoms with Crippen molar-refractivity contribution in [2.75, 3.05) is 26.2 Å². The van der Waals surface area contributed by atoms with Crippen molar-refractivity contribution in [1.29, 1.82) is 0 Å². The number of carbonyl (C=O) groups excluding carboxylic acids is 3. The highest BCUT2D eigenvalue weighted by atomic mass is 16.6. The van der Waals surface area contributed by atoms with E-state index in [2.05, 4.69) is 5.32 Å². The van der Waals surface area contributed by atoms with Gasteiger partial charge in [0.15, 0.2) is 0 Å². The zero-order valence-electron chi connectivity index (χ0n) is 21.4. The molecule has 0 aliphatic carbocycles. The number of hydrogen-bond donors (Lipinski definition) is 1. The Bertz CT molecular complexity index is 820. The van der Waals surface area contributed by atoms with Crippen molar-refractivity contribution in [3.05, 3.63) is 35.9 Å². The first-order valence-electron chi connectivity index (χ1n) is 12.0. The summed E-state index contributed by atoms with van der Waals surface area (Å²) in [4.78, 5) is 39.4. The van der Waals surface area contributed by atoms with Gasteiger partial charge in [0.05, 0.1) is 5.41 Å². The van der Waals surface area contributed by atoms with Gasteiger partial charge in [0.25, 0.3) is 0 Å². The zero-order chi connectivity index (χ0) is 25.4. The molecule has 0 aromatic heterocycles. The number of nitrogens with one attached hydrogen (secondary N) is 1. The first-order chi connectivity index (χ1) is 15.9. The number of piperidine rings is 1. The second-order valence-corrected chi connectivity index (χ2v) is 10.5. The lowest BCUT2D eigenvalue weighted by Gasteiger charge is -2.39. The number of benzene rings is 1. The molecule has 0 spiro atoms. The van der Waals surface area contributed by atoms with Crippen molar-refractivity contribution >= 4 is 18.0 Å². The quantitative estimate of drug-likeness (QED) is 0.328. The maximum absolute atomic E-state index is 12.8. The topological polar surface area (TPSA) is 94.2 Å². The van der Waals surface area contributed by atoms with Gasteiger partial charge in [0, 0.05) is 19.6 Å². The van der Waals surface area contributed by atoms with E-state index in [-0.39, 0.29) is 37.6 Å². The van der Waals surface area contributed by atoms with Crippen LogP contribution < -0.4 is 5.32 Å². The summed E-state index contributed by atoms with van der Waals surface area (Å²) in [6.45, 7) is 12.6. The standard InChI is InChI=1S/C26H40N2O6/c1-19(2)21(22(29)33-17-20-11-8-7-9-12-20)27-14-16-32-23(30)26(6)13-10-15-28(18-26)24(31)34-25(3,4)5/h7-9,11-12,19,21,27H,10,13-18H2,1-6H3/t21-,26?/m1/s1. The highest BCUT2D eigenvalue weighted by Gasteiger charge is 2.41. The first kappa shape index (κ1) is 27.6. The van der Waals surface area contributed by atoms with Gasteiger partial charge in [-0.25, -0.2) is 4.79 Å². The summed E-state index contributed by atoms with van der Waals surface area (Å²) >= 11 is 0. The number of carbonyl (C=O) groups is 3. The molecule has 1 saturated heterocycles. The molecule has 0 radical (unpaired) electrons. The molecule has 1 aromatic rings. The molecular weight excluding hydrogens is 436 g/mol. The van der Waals surface area contributed by atoms with Crippen LogP contribution in [0.3, 0.4) is 0 Å². The number of likely N-dealkylation sites (tertiary alicyclic amines) is 1. The number of nitrogens with zero attached hydrogens (tertiary/aromatic N) is 1. The number of rotatable bonds is 9.